The summed E-state index contributed by atoms with van der Waals surface area (Å²) in [5.74, 6) is -0.704. The Hall–Kier alpha value is -2.87. The first-order chi connectivity index (χ1) is 10.4. The first-order valence-corrected chi connectivity index (χ1v) is 6.64. The summed E-state index contributed by atoms with van der Waals surface area (Å²) in [6.45, 7) is 4.99. The lowest BCUT2D eigenvalue weighted by atomic mass is 9.99. The topological polar surface area (TPSA) is 76.1 Å². The summed E-state index contributed by atoms with van der Waals surface area (Å²) in [4.78, 5) is 11.7. The molecule has 22 heavy (non-hydrogen) atoms. The highest BCUT2D eigenvalue weighted by Gasteiger charge is 2.18. The number of nitriles is 1. The van der Waals surface area contributed by atoms with Crippen molar-refractivity contribution in [1.82, 2.24) is 0 Å². The predicted molar refractivity (Wildman–Crippen MR) is 81.5 cm³/mol. The standard InChI is InChI=1S/C17H15FN2O2/c1-9-4-7-15(10(2)16(9)11(3)21)22-17-12(8-19)14(20)6-5-13(17)18/h4-7H,20H2,1-3H3. The van der Waals surface area contributed by atoms with Crippen LogP contribution in [0.3, 0.4) is 0 Å². The van der Waals surface area contributed by atoms with Crippen molar-refractivity contribution in [2.45, 2.75) is 20.8 Å². The van der Waals surface area contributed by atoms with Gasteiger partial charge in [-0.25, -0.2) is 4.39 Å². The molecule has 0 aliphatic heterocycles. The van der Waals surface area contributed by atoms with Gasteiger partial charge >= 0.3 is 0 Å². The summed E-state index contributed by atoms with van der Waals surface area (Å²) < 4.78 is 19.5. The molecule has 2 aromatic rings. The predicted octanol–water partition coefficient (Wildman–Crippen LogP) is 3.89. The van der Waals surface area contributed by atoms with Gasteiger partial charge in [-0.2, -0.15) is 5.26 Å². The van der Waals surface area contributed by atoms with Gasteiger partial charge in [-0.15, -0.1) is 0 Å². The van der Waals surface area contributed by atoms with Gasteiger partial charge in [-0.1, -0.05) is 6.07 Å². The van der Waals surface area contributed by atoms with Crippen LogP contribution in [-0.2, 0) is 0 Å². The first-order valence-electron chi connectivity index (χ1n) is 6.64. The van der Waals surface area contributed by atoms with Gasteiger partial charge in [0.15, 0.2) is 17.3 Å². The zero-order valence-electron chi connectivity index (χ0n) is 12.5. The lowest BCUT2D eigenvalue weighted by molar-refractivity contribution is 0.101. The monoisotopic (exact) mass is 298 g/mol. The highest BCUT2D eigenvalue weighted by molar-refractivity contribution is 5.97. The number of carbonyl (C=O) groups is 1. The third kappa shape index (κ3) is 2.63. The number of halogens is 1. The van der Waals surface area contributed by atoms with E-state index in [1.807, 2.05) is 13.0 Å². The quantitative estimate of drug-likeness (QED) is 0.689. The van der Waals surface area contributed by atoms with Crippen LogP contribution in [0, 0.1) is 31.0 Å². The summed E-state index contributed by atoms with van der Waals surface area (Å²) in [6.07, 6.45) is 0. The average molecular weight is 298 g/mol. The van der Waals surface area contributed by atoms with E-state index in [1.54, 1.807) is 19.1 Å². The largest absolute Gasteiger partial charge is 0.452 e. The normalized spacial score (nSPS) is 10.1. The van der Waals surface area contributed by atoms with Gasteiger partial charge in [0.1, 0.15) is 17.4 Å². The second-order valence-corrected chi connectivity index (χ2v) is 4.99. The summed E-state index contributed by atoms with van der Waals surface area (Å²) in [5, 5.41) is 9.13. The fourth-order valence-electron chi connectivity index (χ4n) is 2.38. The fraction of sp³-hybridized carbons (Fsp3) is 0.176. The Labute approximate surface area is 127 Å². The van der Waals surface area contributed by atoms with Crippen LogP contribution in [-0.4, -0.2) is 5.78 Å². The maximum absolute atomic E-state index is 14.0. The molecule has 0 aliphatic carbocycles. The third-order valence-corrected chi connectivity index (χ3v) is 3.44. The van der Waals surface area contributed by atoms with E-state index in [9.17, 15) is 9.18 Å². The molecule has 0 fully saturated rings. The minimum atomic E-state index is -0.685. The highest BCUT2D eigenvalue weighted by Crippen LogP contribution is 2.34. The van der Waals surface area contributed by atoms with Gasteiger partial charge in [0, 0.05) is 11.1 Å². The zero-order chi connectivity index (χ0) is 16.4. The van der Waals surface area contributed by atoms with Gasteiger partial charge in [0.05, 0.1) is 5.69 Å². The number of nitrogens with zero attached hydrogens (tertiary/aromatic N) is 1. The Morgan fingerprint density at radius 1 is 1.27 bits per heavy atom. The van der Waals surface area contributed by atoms with E-state index < -0.39 is 5.82 Å². The van der Waals surface area contributed by atoms with Crippen molar-refractivity contribution in [3.63, 3.8) is 0 Å². The Balaban J connectivity index is 2.59. The molecule has 4 nitrogen and oxygen atoms in total. The molecule has 0 saturated heterocycles. The van der Waals surface area contributed by atoms with Crippen molar-refractivity contribution >= 4 is 11.5 Å². The van der Waals surface area contributed by atoms with E-state index in [-0.39, 0.29) is 22.8 Å². The van der Waals surface area contributed by atoms with Crippen LogP contribution < -0.4 is 10.5 Å². The molecular weight excluding hydrogens is 283 g/mol. The fourth-order valence-corrected chi connectivity index (χ4v) is 2.38. The lowest BCUT2D eigenvalue weighted by Crippen LogP contribution is -2.03. The van der Waals surface area contributed by atoms with Crippen LogP contribution >= 0.6 is 0 Å². The zero-order valence-corrected chi connectivity index (χ0v) is 12.5. The number of nitrogens with two attached hydrogens (primary N) is 1. The molecule has 0 saturated carbocycles. The Kier molecular flexibility index (Phi) is 4.13. The summed E-state index contributed by atoms with van der Waals surface area (Å²) >= 11 is 0. The first kappa shape index (κ1) is 15.5. The maximum Gasteiger partial charge on any atom is 0.182 e. The Bertz CT molecular complexity index is 807. The van der Waals surface area contributed by atoms with Crippen LogP contribution in [0.4, 0.5) is 10.1 Å². The third-order valence-electron chi connectivity index (χ3n) is 3.44. The van der Waals surface area contributed by atoms with Crippen molar-refractivity contribution in [2.24, 2.45) is 0 Å². The molecule has 2 rings (SSSR count). The van der Waals surface area contributed by atoms with Crippen LogP contribution in [0.15, 0.2) is 24.3 Å². The molecule has 0 aromatic heterocycles. The Morgan fingerprint density at radius 2 is 1.95 bits per heavy atom. The molecule has 2 N–H and O–H groups in total. The second-order valence-electron chi connectivity index (χ2n) is 4.99. The van der Waals surface area contributed by atoms with E-state index in [2.05, 4.69) is 0 Å². The van der Waals surface area contributed by atoms with Crippen LogP contribution in [0.25, 0.3) is 0 Å². The van der Waals surface area contributed by atoms with Crippen molar-refractivity contribution in [2.75, 3.05) is 5.73 Å². The molecule has 112 valence electrons. The molecule has 2 aromatic carbocycles. The minimum Gasteiger partial charge on any atom is -0.452 e. The lowest BCUT2D eigenvalue weighted by Gasteiger charge is -2.15. The molecule has 0 radical (unpaired) electrons. The number of rotatable bonds is 3. The van der Waals surface area contributed by atoms with Gasteiger partial charge in [-0.3, -0.25) is 4.79 Å². The molecule has 0 spiro atoms. The number of hydrogen-bond acceptors (Lipinski definition) is 4. The van der Waals surface area contributed by atoms with E-state index >= 15 is 0 Å². The second kappa shape index (κ2) is 5.86. The van der Waals surface area contributed by atoms with Crippen molar-refractivity contribution in [3.05, 3.63) is 52.3 Å². The molecule has 0 unspecified atom stereocenters. The van der Waals surface area contributed by atoms with Gasteiger partial charge in [0.25, 0.3) is 0 Å². The van der Waals surface area contributed by atoms with E-state index in [0.717, 1.165) is 11.6 Å². The van der Waals surface area contributed by atoms with Crippen LogP contribution in [0.5, 0.6) is 11.5 Å². The number of anilines is 1. The molecule has 0 atom stereocenters. The number of hydrogen-bond donors (Lipinski definition) is 1. The summed E-state index contributed by atoms with van der Waals surface area (Å²) in [6, 6.07) is 7.64. The van der Waals surface area contributed by atoms with Crippen molar-refractivity contribution < 1.29 is 13.9 Å². The highest BCUT2D eigenvalue weighted by atomic mass is 19.1. The van der Waals surface area contributed by atoms with Gasteiger partial charge in [0.2, 0.25) is 0 Å². The smallest absolute Gasteiger partial charge is 0.182 e. The number of benzene rings is 2. The minimum absolute atomic E-state index is 0.0654. The number of ketones is 1. The Morgan fingerprint density at radius 3 is 2.55 bits per heavy atom. The summed E-state index contributed by atoms with van der Waals surface area (Å²) in [5.41, 5.74) is 7.68. The molecule has 0 amide bonds. The molecule has 0 bridgehead atoms. The van der Waals surface area contributed by atoms with Crippen LogP contribution in [0.2, 0.25) is 0 Å². The molecule has 0 heterocycles. The van der Waals surface area contributed by atoms with Gasteiger partial charge < -0.3 is 10.5 Å². The van der Waals surface area contributed by atoms with E-state index in [4.69, 9.17) is 15.7 Å². The SMILES string of the molecule is CC(=O)c1c(C)ccc(Oc2c(F)ccc(N)c2C#N)c1C. The van der Waals surface area contributed by atoms with Crippen molar-refractivity contribution in [1.29, 1.82) is 5.26 Å². The van der Waals surface area contributed by atoms with Crippen molar-refractivity contribution in [3.8, 4) is 17.6 Å². The molecule has 5 heteroatoms. The number of ether oxygens (including phenoxy) is 1. The average Bonchev–Trinajstić information content (AvgIpc) is 2.45. The van der Waals surface area contributed by atoms with Crippen LogP contribution in [0.1, 0.15) is 34.0 Å². The maximum atomic E-state index is 14.0. The van der Waals surface area contributed by atoms with E-state index in [0.29, 0.717) is 16.9 Å². The number of nitrogen functional groups attached to an aromatic ring is 1. The number of Topliss-reactive ketones (excluding diaryl/α,β-unsaturated/α-hetero) is 1. The molecular formula is C17H15FN2O2. The number of carbonyl (C=O) groups excluding carboxylic acids is 1. The van der Waals surface area contributed by atoms with E-state index in [1.165, 1.54) is 13.0 Å². The molecule has 0 aliphatic rings. The number of aryl methyl sites for hydroxylation is 1. The summed E-state index contributed by atoms with van der Waals surface area (Å²) in [7, 11) is 0. The van der Waals surface area contributed by atoms with Gasteiger partial charge in [-0.05, 0) is 44.5 Å².